The number of anilines is 1. The molecule has 3 aromatic carbocycles. The SMILES string of the molecule is O=C(O)/C=C/CC[C@@H](Oc1ccccc1)[C@H](OC(=O)Nc1ccc(Br)cc1)c1cc(Br)ccc1O. The average molecular weight is 605 g/mol. The van der Waals surface area contributed by atoms with Gasteiger partial charge >= 0.3 is 12.1 Å². The Bertz CT molecular complexity index is 1170. The number of benzene rings is 3. The van der Waals surface area contributed by atoms with Crippen LogP contribution in [0.1, 0.15) is 24.5 Å². The predicted octanol–water partition coefficient (Wildman–Crippen LogP) is 7.08. The minimum atomic E-state index is -1.06. The molecule has 2 atom stereocenters. The van der Waals surface area contributed by atoms with Gasteiger partial charge in [0.15, 0.2) is 6.10 Å². The molecule has 0 unspecified atom stereocenters. The molecule has 182 valence electrons. The van der Waals surface area contributed by atoms with Gasteiger partial charge < -0.3 is 19.7 Å². The summed E-state index contributed by atoms with van der Waals surface area (Å²) >= 11 is 6.75. The molecule has 0 radical (unpaired) electrons. The van der Waals surface area contributed by atoms with E-state index in [4.69, 9.17) is 14.6 Å². The Hall–Kier alpha value is -3.30. The first kappa shape index (κ1) is 26.3. The van der Waals surface area contributed by atoms with E-state index in [1.807, 2.05) is 18.2 Å². The molecule has 0 spiro atoms. The molecule has 7 nitrogen and oxygen atoms in total. The highest BCUT2D eigenvalue weighted by Gasteiger charge is 2.31. The lowest BCUT2D eigenvalue weighted by atomic mass is 9.99. The fourth-order valence-corrected chi connectivity index (χ4v) is 3.92. The van der Waals surface area contributed by atoms with Gasteiger partial charge in [-0.2, -0.15) is 0 Å². The summed E-state index contributed by atoms with van der Waals surface area (Å²) in [6, 6.07) is 20.8. The second-order valence-electron chi connectivity index (χ2n) is 7.45. The van der Waals surface area contributed by atoms with E-state index in [2.05, 4.69) is 37.2 Å². The van der Waals surface area contributed by atoms with Gasteiger partial charge in [-0.05, 0) is 67.4 Å². The third kappa shape index (κ3) is 8.45. The minimum absolute atomic E-state index is 0.0719. The first-order valence-electron chi connectivity index (χ1n) is 10.6. The number of phenols is 1. The number of nitrogens with one attached hydrogen (secondary N) is 1. The fourth-order valence-electron chi connectivity index (χ4n) is 3.28. The Morgan fingerprint density at radius 3 is 2.34 bits per heavy atom. The van der Waals surface area contributed by atoms with Crippen molar-refractivity contribution in [2.75, 3.05) is 5.32 Å². The normalized spacial score (nSPS) is 12.6. The summed E-state index contributed by atoms with van der Waals surface area (Å²) in [6.07, 6.45) is 0.705. The molecule has 3 N–H and O–H groups in total. The van der Waals surface area contributed by atoms with Crippen LogP contribution in [0, 0.1) is 0 Å². The van der Waals surface area contributed by atoms with Crippen LogP contribution in [0.3, 0.4) is 0 Å². The molecule has 0 saturated heterocycles. The van der Waals surface area contributed by atoms with Gasteiger partial charge in [-0.25, -0.2) is 9.59 Å². The number of aliphatic carboxylic acids is 1. The zero-order valence-corrected chi connectivity index (χ0v) is 21.6. The average Bonchev–Trinajstić information content (AvgIpc) is 2.83. The van der Waals surface area contributed by atoms with Crippen molar-refractivity contribution in [2.45, 2.75) is 25.0 Å². The number of aromatic hydroxyl groups is 1. The number of carboxylic acid groups (broad SMARTS) is 1. The van der Waals surface area contributed by atoms with Crippen LogP contribution in [0.5, 0.6) is 11.5 Å². The van der Waals surface area contributed by atoms with Crippen LogP contribution in [-0.2, 0) is 9.53 Å². The van der Waals surface area contributed by atoms with Crippen molar-refractivity contribution in [2.24, 2.45) is 0 Å². The van der Waals surface area contributed by atoms with Gasteiger partial charge in [0, 0.05) is 26.3 Å². The lowest BCUT2D eigenvalue weighted by Gasteiger charge is -2.28. The number of rotatable bonds is 10. The summed E-state index contributed by atoms with van der Waals surface area (Å²) in [6.45, 7) is 0. The van der Waals surface area contributed by atoms with E-state index in [9.17, 15) is 14.7 Å². The van der Waals surface area contributed by atoms with Crippen LogP contribution in [0.15, 0.2) is 93.9 Å². The van der Waals surface area contributed by atoms with Crippen LogP contribution >= 0.6 is 31.9 Å². The van der Waals surface area contributed by atoms with E-state index in [0.717, 1.165) is 10.5 Å². The molecule has 0 aromatic heterocycles. The summed E-state index contributed by atoms with van der Waals surface area (Å²) in [5, 5.41) is 22.2. The molecular weight excluding hydrogens is 582 g/mol. The number of phenolic OH excluding ortho intramolecular Hbond substituents is 1. The zero-order chi connectivity index (χ0) is 25.2. The molecule has 0 aliphatic heterocycles. The number of hydrogen-bond acceptors (Lipinski definition) is 5. The number of carbonyl (C=O) groups is 2. The van der Waals surface area contributed by atoms with E-state index in [-0.39, 0.29) is 5.75 Å². The maximum Gasteiger partial charge on any atom is 0.412 e. The summed E-state index contributed by atoms with van der Waals surface area (Å²) in [5.74, 6) is -0.592. The largest absolute Gasteiger partial charge is 0.508 e. The fraction of sp³-hybridized carbons (Fsp3) is 0.154. The number of para-hydroxylation sites is 1. The van der Waals surface area contributed by atoms with Crippen molar-refractivity contribution in [3.05, 3.63) is 99.5 Å². The van der Waals surface area contributed by atoms with Gasteiger partial charge in [0.1, 0.15) is 17.6 Å². The number of carbonyl (C=O) groups excluding carboxylic acids is 1. The first-order valence-corrected chi connectivity index (χ1v) is 12.2. The Labute approximate surface area is 219 Å². The van der Waals surface area contributed by atoms with Gasteiger partial charge in [0.25, 0.3) is 0 Å². The zero-order valence-electron chi connectivity index (χ0n) is 18.4. The summed E-state index contributed by atoms with van der Waals surface area (Å²) < 4.78 is 13.5. The number of ether oxygens (including phenoxy) is 2. The predicted molar refractivity (Wildman–Crippen MR) is 140 cm³/mol. The smallest absolute Gasteiger partial charge is 0.412 e. The van der Waals surface area contributed by atoms with E-state index >= 15 is 0 Å². The highest BCUT2D eigenvalue weighted by molar-refractivity contribution is 9.10. The molecule has 0 heterocycles. The first-order chi connectivity index (χ1) is 16.8. The summed E-state index contributed by atoms with van der Waals surface area (Å²) in [4.78, 5) is 23.7. The summed E-state index contributed by atoms with van der Waals surface area (Å²) in [5.41, 5.74) is 0.869. The number of amides is 1. The molecule has 0 aliphatic rings. The van der Waals surface area contributed by atoms with E-state index in [1.165, 1.54) is 12.1 Å². The third-order valence-electron chi connectivity index (χ3n) is 4.87. The molecule has 3 rings (SSSR count). The van der Waals surface area contributed by atoms with Crippen LogP contribution in [0.4, 0.5) is 10.5 Å². The molecule has 9 heteroatoms. The van der Waals surface area contributed by atoms with Gasteiger partial charge in [-0.3, -0.25) is 5.32 Å². The lowest BCUT2D eigenvalue weighted by molar-refractivity contribution is -0.131. The minimum Gasteiger partial charge on any atom is -0.508 e. The van der Waals surface area contributed by atoms with Crippen molar-refractivity contribution in [3.63, 3.8) is 0 Å². The molecule has 0 bridgehead atoms. The standard InChI is InChI=1S/C26H23Br2NO6/c27-17-10-13-19(14-11-17)29-26(33)35-25(21-16-18(28)12-15-22(21)30)23(8-4-5-9-24(31)32)34-20-6-2-1-3-7-20/h1-3,5-7,9-16,23,25,30H,4,8H2,(H,29,33)(H,31,32)/b9-5+/t23-,25-/m1/s1. The number of carboxylic acids is 1. The third-order valence-corrected chi connectivity index (χ3v) is 5.89. The molecule has 0 saturated carbocycles. The number of allylic oxidation sites excluding steroid dienone is 1. The molecule has 35 heavy (non-hydrogen) atoms. The van der Waals surface area contributed by atoms with E-state index < -0.39 is 24.3 Å². The highest BCUT2D eigenvalue weighted by atomic mass is 79.9. The van der Waals surface area contributed by atoms with Crippen molar-refractivity contribution >= 4 is 49.6 Å². The van der Waals surface area contributed by atoms with Gasteiger partial charge in [-0.1, -0.05) is 56.1 Å². The maximum atomic E-state index is 12.9. The molecule has 0 aliphatic carbocycles. The van der Waals surface area contributed by atoms with Crippen LogP contribution in [0.2, 0.25) is 0 Å². The Morgan fingerprint density at radius 2 is 1.66 bits per heavy atom. The van der Waals surface area contributed by atoms with Crippen LogP contribution in [-0.4, -0.2) is 28.4 Å². The van der Waals surface area contributed by atoms with Gasteiger partial charge in [0.05, 0.1) is 0 Å². The van der Waals surface area contributed by atoms with Crippen molar-refractivity contribution in [1.29, 1.82) is 0 Å². The number of hydrogen-bond donors (Lipinski definition) is 3. The van der Waals surface area contributed by atoms with Crippen LogP contribution < -0.4 is 10.1 Å². The quantitative estimate of drug-likeness (QED) is 0.214. The van der Waals surface area contributed by atoms with Crippen molar-refractivity contribution in [3.8, 4) is 11.5 Å². The highest BCUT2D eigenvalue weighted by Crippen LogP contribution is 2.35. The second kappa shape index (κ2) is 13.0. The molecule has 0 fully saturated rings. The topological polar surface area (TPSA) is 105 Å². The molecule has 1 amide bonds. The van der Waals surface area contributed by atoms with Gasteiger partial charge in [-0.15, -0.1) is 0 Å². The molecular formula is C26H23Br2NO6. The van der Waals surface area contributed by atoms with Crippen molar-refractivity contribution in [1.82, 2.24) is 0 Å². The monoisotopic (exact) mass is 603 g/mol. The van der Waals surface area contributed by atoms with Crippen LogP contribution in [0.25, 0.3) is 0 Å². The number of halogens is 2. The Kier molecular flexibility index (Phi) is 9.75. The van der Waals surface area contributed by atoms with Crippen molar-refractivity contribution < 1.29 is 29.3 Å². The Morgan fingerprint density at radius 1 is 0.971 bits per heavy atom. The maximum absolute atomic E-state index is 12.9. The lowest BCUT2D eigenvalue weighted by Crippen LogP contribution is -2.31. The van der Waals surface area contributed by atoms with E-state index in [1.54, 1.807) is 48.5 Å². The molecule has 3 aromatic rings. The van der Waals surface area contributed by atoms with E-state index in [0.29, 0.717) is 34.3 Å². The Balaban J connectivity index is 1.92. The van der Waals surface area contributed by atoms with Gasteiger partial charge in [0.2, 0.25) is 0 Å². The summed E-state index contributed by atoms with van der Waals surface area (Å²) in [7, 11) is 0. The second-order valence-corrected chi connectivity index (χ2v) is 9.28.